The Morgan fingerprint density at radius 3 is 2.53 bits per heavy atom. The Morgan fingerprint density at radius 1 is 1.05 bits per heavy atom. The first-order valence-corrected chi connectivity index (χ1v) is 6.58. The molecule has 1 unspecified atom stereocenters. The van der Waals surface area contributed by atoms with Gasteiger partial charge in [0.1, 0.15) is 0 Å². The van der Waals surface area contributed by atoms with Crippen molar-refractivity contribution in [2.24, 2.45) is 0 Å². The Hall–Kier alpha value is -2.11. The maximum atomic E-state index is 9.31. The van der Waals surface area contributed by atoms with Gasteiger partial charge in [0, 0.05) is 6.54 Å². The summed E-state index contributed by atoms with van der Waals surface area (Å²) in [4.78, 5) is 2.33. The molecule has 0 bridgehead atoms. The zero-order valence-electron chi connectivity index (χ0n) is 11.0. The highest BCUT2D eigenvalue weighted by Crippen LogP contribution is 2.35. The van der Waals surface area contributed by atoms with E-state index in [0.717, 1.165) is 24.1 Å². The normalized spacial score (nSPS) is 18.6. The molecule has 0 fully saturated rings. The Balaban J connectivity index is 2.17. The summed E-state index contributed by atoms with van der Waals surface area (Å²) < 4.78 is 0. The van der Waals surface area contributed by atoms with Crippen molar-refractivity contribution in [1.82, 2.24) is 4.90 Å². The predicted octanol–water partition coefficient (Wildman–Crippen LogP) is 3.14. The fourth-order valence-electron chi connectivity index (χ4n) is 2.93. The molecule has 94 valence electrons. The number of rotatable bonds is 1. The van der Waals surface area contributed by atoms with Crippen LogP contribution >= 0.6 is 0 Å². The van der Waals surface area contributed by atoms with E-state index in [9.17, 15) is 5.26 Å². The maximum absolute atomic E-state index is 9.31. The second-order valence-corrected chi connectivity index (χ2v) is 5.03. The molecule has 0 spiro atoms. The summed E-state index contributed by atoms with van der Waals surface area (Å²) >= 11 is 0. The molecule has 1 aliphatic heterocycles. The first-order chi connectivity index (χ1) is 9.31. The van der Waals surface area contributed by atoms with E-state index in [4.69, 9.17) is 0 Å². The largest absolute Gasteiger partial charge is 0.295 e. The lowest BCUT2D eigenvalue weighted by Crippen LogP contribution is -2.33. The molecule has 0 amide bonds. The van der Waals surface area contributed by atoms with Crippen molar-refractivity contribution in [3.05, 3.63) is 70.8 Å². The molecule has 19 heavy (non-hydrogen) atoms. The first-order valence-electron chi connectivity index (χ1n) is 6.58. The molecule has 3 rings (SSSR count). The molecule has 2 nitrogen and oxygen atoms in total. The number of hydrogen-bond donors (Lipinski definition) is 0. The summed E-state index contributed by atoms with van der Waals surface area (Å²) in [5.74, 6) is 0. The summed E-state index contributed by atoms with van der Waals surface area (Å²) in [5, 5.41) is 9.31. The fourth-order valence-corrected chi connectivity index (χ4v) is 2.93. The third-order valence-corrected chi connectivity index (χ3v) is 3.90. The van der Waals surface area contributed by atoms with Gasteiger partial charge < -0.3 is 0 Å². The number of nitrogens with zero attached hydrogens (tertiary/aromatic N) is 2. The van der Waals surface area contributed by atoms with E-state index in [1.807, 2.05) is 18.2 Å². The van der Waals surface area contributed by atoms with Crippen molar-refractivity contribution >= 4 is 0 Å². The zero-order valence-corrected chi connectivity index (χ0v) is 11.0. The molecule has 2 heteroatoms. The number of fused-ring (bicyclic) bond motifs is 1. The summed E-state index contributed by atoms with van der Waals surface area (Å²) in [6.07, 6.45) is 1.08. The molecule has 1 atom stereocenters. The van der Waals surface area contributed by atoms with Crippen LogP contribution < -0.4 is 0 Å². The van der Waals surface area contributed by atoms with Crippen LogP contribution in [0.15, 0.2) is 48.5 Å². The smallest absolute Gasteiger partial charge is 0.0995 e. The molecule has 0 radical (unpaired) electrons. The number of likely N-dealkylation sites (N-methyl/N-ethyl adjacent to an activating group) is 1. The third kappa shape index (κ3) is 2.03. The van der Waals surface area contributed by atoms with E-state index in [2.05, 4.69) is 48.3 Å². The predicted molar refractivity (Wildman–Crippen MR) is 75.8 cm³/mol. The Bertz CT molecular complexity index is 640. The summed E-state index contributed by atoms with van der Waals surface area (Å²) in [7, 11) is 2.13. The van der Waals surface area contributed by atoms with Gasteiger partial charge in [0.15, 0.2) is 0 Å². The Kier molecular flexibility index (Phi) is 3.06. The minimum absolute atomic E-state index is 0.195. The number of nitriles is 1. The minimum Gasteiger partial charge on any atom is -0.295 e. The van der Waals surface area contributed by atoms with Crippen molar-refractivity contribution in [3.8, 4) is 6.07 Å². The fraction of sp³-hybridized carbons (Fsp3) is 0.235. The lowest BCUT2D eigenvalue weighted by molar-refractivity contribution is 0.264. The quantitative estimate of drug-likeness (QED) is 0.775. The van der Waals surface area contributed by atoms with Crippen molar-refractivity contribution in [3.63, 3.8) is 0 Å². The SMILES string of the molecule is CN1CCc2ccccc2C1c1ccccc1C#N. The molecule has 1 heterocycles. The molecule has 2 aromatic rings. The highest BCUT2D eigenvalue weighted by Gasteiger charge is 2.27. The topological polar surface area (TPSA) is 27.0 Å². The first kappa shape index (κ1) is 12.0. The van der Waals surface area contributed by atoms with Crippen LogP contribution in [-0.4, -0.2) is 18.5 Å². The van der Waals surface area contributed by atoms with E-state index in [0.29, 0.717) is 0 Å². The second-order valence-electron chi connectivity index (χ2n) is 5.03. The molecular formula is C17H16N2. The molecule has 0 saturated heterocycles. The minimum atomic E-state index is 0.195. The highest BCUT2D eigenvalue weighted by molar-refractivity contribution is 5.46. The number of benzene rings is 2. The summed E-state index contributed by atoms with van der Waals surface area (Å²) in [6.45, 7) is 1.03. The van der Waals surface area contributed by atoms with E-state index >= 15 is 0 Å². The van der Waals surface area contributed by atoms with Crippen LogP contribution in [0, 0.1) is 11.3 Å². The van der Waals surface area contributed by atoms with Crippen LogP contribution in [0.2, 0.25) is 0 Å². The lowest BCUT2D eigenvalue weighted by atomic mass is 9.87. The van der Waals surface area contributed by atoms with Crippen LogP contribution in [0.3, 0.4) is 0 Å². The average Bonchev–Trinajstić information content (AvgIpc) is 2.47. The van der Waals surface area contributed by atoms with Crippen LogP contribution in [0.4, 0.5) is 0 Å². The van der Waals surface area contributed by atoms with Crippen molar-refractivity contribution in [2.75, 3.05) is 13.6 Å². The van der Waals surface area contributed by atoms with Gasteiger partial charge in [-0.15, -0.1) is 0 Å². The number of hydrogen-bond acceptors (Lipinski definition) is 2. The van der Waals surface area contributed by atoms with Gasteiger partial charge in [-0.05, 0) is 36.2 Å². The second kappa shape index (κ2) is 4.87. The molecular weight excluding hydrogens is 232 g/mol. The van der Waals surface area contributed by atoms with E-state index in [1.165, 1.54) is 11.1 Å². The van der Waals surface area contributed by atoms with Crippen molar-refractivity contribution in [2.45, 2.75) is 12.5 Å². The standard InChI is InChI=1S/C17H16N2/c1-19-11-10-13-6-2-4-8-15(13)17(19)16-9-5-3-7-14(16)12-18/h2-9,17H,10-11H2,1H3. The van der Waals surface area contributed by atoms with Gasteiger partial charge in [0.25, 0.3) is 0 Å². The van der Waals surface area contributed by atoms with Gasteiger partial charge in [-0.25, -0.2) is 0 Å². The van der Waals surface area contributed by atoms with Gasteiger partial charge in [-0.3, -0.25) is 4.90 Å². The van der Waals surface area contributed by atoms with Crippen LogP contribution in [0.25, 0.3) is 0 Å². The molecule has 2 aromatic carbocycles. The molecule has 0 aliphatic carbocycles. The average molecular weight is 248 g/mol. The zero-order chi connectivity index (χ0) is 13.2. The molecule has 1 aliphatic rings. The van der Waals surface area contributed by atoms with Crippen LogP contribution in [-0.2, 0) is 6.42 Å². The van der Waals surface area contributed by atoms with E-state index in [-0.39, 0.29) is 6.04 Å². The summed E-state index contributed by atoms with van der Waals surface area (Å²) in [6, 6.07) is 19.0. The van der Waals surface area contributed by atoms with E-state index < -0.39 is 0 Å². The van der Waals surface area contributed by atoms with E-state index in [1.54, 1.807) is 0 Å². The lowest BCUT2D eigenvalue weighted by Gasteiger charge is -2.35. The third-order valence-electron chi connectivity index (χ3n) is 3.90. The molecule has 0 aromatic heterocycles. The van der Waals surface area contributed by atoms with Gasteiger partial charge >= 0.3 is 0 Å². The van der Waals surface area contributed by atoms with Gasteiger partial charge in [0.05, 0.1) is 17.7 Å². The maximum Gasteiger partial charge on any atom is 0.0995 e. The van der Waals surface area contributed by atoms with Gasteiger partial charge in [-0.2, -0.15) is 5.26 Å². The van der Waals surface area contributed by atoms with Gasteiger partial charge in [0.2, 0.25) is 0 Å². The highest BCUT2D eigenvalue weighted by atomic mass is 15.1. The van der Waals surface area contributed by atoms with Crippen molar-refractivity contribution < 1.29 is 0 Å². The summed E-state index contributed by atoms with van der Waals surface area (Å²) in [5.41, 5.74) is 4.62. The van der Waals surface area contributed by atoms with Gasteiger partial charge in [-0.1, -0.05) is 42.5 Å². The molecule has 0 N–H and O–H groups in total. The van der Waals surface area contributed by atoms with Crippen LogP contribution in [0.5, 0.6) is 0 Å². The Morgan fingerprint density at radius 2 is 1.74 bits per heavy atom. The monoisotopic (exact) mass is 248 g/mol. The molecule has 0 saturated carbocycles. The van der Waals surface area contributed by atoms with Crippen LogP contribution in [0.1, 0.15) is 28.3 Å². The Labute approximate surface area is 113 Å². The van der Waals surface area contributed by atoms with Crippen molar-refractivity contribution in [1.29, 1.82) is 5.26 Å².